The fraction of sp³-hybridized carbons (Fsp3) is 0.211. The number of carbonyl (C=O) groups excluding carboxylic acids is 3. The van der Waals surface area contributed by atoms with Crippen LogP contribution < -0.4 is 10.6 Å². The van der Waals surface area contributed by atoms with Crippen LogP contribution in [0, 0.1) is 29.8 Å². The first-order chi connectivity index (χ1) is 13.7. The van der Waals surface area contributed by atoms with Gasteiger partial charge in [0, 0.05) is 6.07 Å². The van der Waals surface area contributed by atoms with E-state index in [1.54, 1.807) is 19.9 Å². The van der Waals surface area contributed by atoms with Gasteiger partial charge < -0.3 is 15.4 Å². The minimum atomic E-state index is -0.930. The summed E-state index contributed by atoms with van der Waals surface area (Å²) >= 11 is 0. The summed E-state index contributed by atoms with van der Waals surface area (Å²) in [5, 5.41) is 15.7. The number of ether oxygens (including phenoxy) is 1. The number of amides is 2. The number of nitrogens with one attached hydrogen (secondary N) is 2. The number of hydrogen-bond donors (Lipinski definition) is 2. The number of nitrogens with zero attached hydrogens (tertiary/aromatic N) is 1. The normalized spacial score (nSPS) is 10.2. The van der Waals surface area contributed by atoms with Gasteiger partial charge in [-0.3, -0.25) is 24.5 Å². The minimum Gasteiger partial charge on any atom is -0.454 e. The van der Waals surface area contributed by atoms with Crippen molar-refractivity contribution in [3.8, 4) is 0 Å². The molecule has 0 radical (unpaired) electrons. The quantitative estimate of drug-likeness (QED) is 0.415. The number of carbonyl (C=O) groups is 3. The first-order valence-corrected chi connectivity index (χ1v) is 8.43. The molecule has 0 spiro atoms. The van der Waals surface area contributed by atoms with Gasteiger partial charge in [-0.25, -0.2) is 4.39 Å². The molecule has 9 nitrogen and oxygen atoms in total. The van der Waals surface area contributed by atoms with Gasteiger partial charge in [0.2, 0.25) is 0 Å². The highest BCUT2D eigenvalue weighted by atomic mass is 19.1. The number of nitro groups is 1. The summed E-state index contributed by atoms with van der Waals surface area (Å²) in [4.78, 5) is 46.0. The number of hydrogen-bond acceptors (Lipinski definition) is 6. The lowest BCUT2D eigenvalue weighted by Crippen LogP contribution is -2.32. The van der Waals surface area contributed by atoms with E-state index in [0.29, 0.717) is 5.56 Å². The summed E-state index contributed by atoms with van der Waals surface area (Å²) in [6.45, 7) is 2.05. The summed E-state index contributed by atoms with van der Waals surface area (Å²) < 4.78 is 18.2. The van der Waals surface area contributed by atoms with Crippen molar-refractivity contribution in [2.45, 2.75) is 13.8 Å². The lowest BCUT2D eigenvalue weighted by Gasteiger charge is -2.11. The van der Waals surface area contributed by atoms with Gasteiger partial charge in [-0.2, -0.15) is 0 Å². The van der Waals surface area contributed by atoms with Crippen LogP contribution in [0.1, 0.15) is 21.5 Å². The van der Waals surface area contributed by atoms with Crippen LogP contribution >= 0.6 is 0 Å². The van der Waals surface area contributed by atoms with Crippen LogP contribution in [-0.4, -0.2) is 35.9 Å². The SMILES string of the molecule is Cc1ccc([N+](=O)[O-])c(NC(=O)COC(=O)CNC(=O)c2ccccc2F)c1C. The molecule has 0 fully saturated rings. The predicted molar refractivity (Wildman–Crippen MR) is 101 cm³/mol. The van der Waals surface area contributed by atoms with Gasteiger partial charge >= 0.3 is 5.97 Å². The standard InChI is InChI=1S/C19H18FN3O6/c1-11-7-8-15(23(27)28)18(12(11)2)22-16(24)10-29-17(25)9-21-19(26)13-5-3-4-6-14(13)20/h3-8H,9-10H2,1-2H3,(H,21,26)(H,22,24). The second-order valence-corrected chi connectivity index (χ2v) is 6.03. The van der Waals surface area contributed by atoms with Gasteiger partial charge in [-0.15, -0.1) is 0 Å². The highest BCUT2D eigenvalue weighted by Gasteiger charge is 2.20. The number of rotatable bonds is 7. The van der Waals surface area contributed by atoms with Crippen LogP contribution in [0.25, 0.3) is 0 Å². The van der Waals surface area contributed by atoms with E-state index in [2.05, 4.69) is 10.6 Å². The largest absolute Gasteiger partial charge is 0.454 e. The number of halogens is 1. The average Bonchev–Trinajstić information content (AvgIpc) is 2.68. The molecular weight excluding hydrogens is 385 g/mol. The summed E-state index contributed by atoms with van der Waals surface area (Å²) in [6.07, 6.45) is 0. The number of benzene rings is 2. The lowest BCUT2D eigenvalue weighted by molar-refractivity contribution is -0.384. The fourth-order valence-corrected chi connectivity index (χ4v) is 2.38. The average molecular weight is 403 g/mol. The van der Waals surface area contributed by atoms with E-state index >= 15 is 0 Å². The van der Waals surface area contributed by atoms with Crippen molar-refractivity contribution in [1.82, 2.24) is 5.32 Å². The predicted octanol–water partition coefficient (Wildman–Crippen LogP) is 2.26. The van der Waals surface area contributed by atoms with Gasteiger partial charge in [-0.1, -0.05) is 18.2 Å². The Kier molecular flexibility index (Phi) is 6.96. The highest BCUT2D eigenvalue weighted by molar-refractivity contribution is 5.97. The maximum atomic E-state index is 13.5. The highest BCUT2D eigenvalue weighted by Crippen LogP contribution is 2.30. The van der Waals surface area contributed by atoms with E-state index in [-0.39, 0.29) is 16.9 Å². The van der Waals surface area contributed by atoms with E-state index < -0.39 is 41.7 Å². The molecule has 0 unspecified atom stereocenters. The Bertz CT molecular complexity index is 976. The molecule has 0 aromatic heterocycles. The van der Waals surface area contributed by atoms with Crippen molar-refractivity contribution in [2.75, 3.05) is 18.5 Å². The molecule has 29 heavy (non-hydrogen) atoms. The van der Waals surface area contributed by atoms with E-state index in [4.69, 9.17) is 4.74 Å². The number of esters is 1. The third kappa shape index (κ3) is 5.58. The fourth-order valence-electron chi connectivity index (χ4n) is 2.38. The minimum absolute atomic E-state index is 0.0175. The maximum Gasteiger partial charge on any atom is 0.325 e. The maximum absolute atomic E-state index is 13.5. The molecule has 2 rings (SSSR count). The summed E-state index contributed by atoms with van der Waals surface area (Å²) in [6, 6.07) is 8.06. The Morgan fingerprint density at radius 1 is 1.14 bits per heavy atom. The molecule has 0 saturated carbocycles. The molecule has 2 N–H and O–H groups in total. The third-order valence-electron chi connectivity index (χ3n) is 4.05. The van der Waals surface area contributed by atoms with Gasteiger partial charge in [0.1, 0.15) is 18.0 Å². The first-order valence-electron chi connectivity index (χ1n) is 8.43. The summed E-state index contributed by atoms with van der Waals surface area (Å²) in [5.74, 6) is -3.26. The molecule has 0 aliphatic heterocycles. The Morgan fingerprint density at radius 3 is 2.48 bits per heavy atom. The van der Waals surface area contributed by atoms with Gasteiger partial charge in [0.25, 0.3) is 17.5 Å². The molecule has 0 atom stereocenters. The zero-order valence-corrected chi connectivity index (χ0v) is 15.7. The van der Waals surface area contributed by atoms with Gasteiger partial charge in [0.05, 0.1) is 10.5 Å². The molecule has 0 saturated heterocycles. The topological polar surface area (TPSA) is 128 Å². The molecule has 0 bridgehead atoms. The van der Waals surface area contributed by atoms with E-state index in [1.807, 2.05) is 0 Å². The summed E-state index contributed by atoms with van der Waals surface area (Å²) in [5.41, 5.74) is 0.740. The van der Waals surface area contributed by atoms with Crippen molar-refractivity contribution in [1.29, 1.82) is 0 Å². The zero-order valence-electron chi connectivity index (χ0n) is 15.7. The summed E-state index contributed by atoms with van der Waals surface area (Å²) in [7, 11) is 0. The van der Waals surface area contributed by atoms with Crippen molar-refractivity contribution in [3.05, 3.63) is 69.0 Å². The third-order valence-corrected chi connectivity index (χ3v) is 4.05. The van der Waals surface area contributed by atoms with Crippen LogP contribution in [0.5, 0.6) is 0 Å². The van der Waals surface area contributed by atoms with Crippen LogP contribution in [0.2, 0.25) is 0 Å². The van der Waals surface area contributed by atoms with Crippen LogP contribution in [0.3, 0.4) is 0 Å². The Labute approximate surface area is 165 Å². The monoisotopic (exact) mass is 403 g/mol. The molecular formula is C19H18FN3O6. The Balaban J connectivity index is 1.89. The van der Waals surface area contributed by atoms with Crippen molar-refractivity contribution < 1.29 is 28.4 Å². The number of aryl methyl sites for hydroxylation is 1. The molecule has 2 aromatic carbocycles. The van der Waals surface area contributed by atoms with Crippen molar-refractivity contribution in [3.63, 3.8) is 0 Å². The first kappa shape index (κ1) is 21.5. The van der Waals surface area contributed by atoms with Gasteiger partial charge in [0.15, 0.2) is 6.61 Å². The van der Waals surface area contributed by atoms with Crippen LogP contribution in [-0.2, 0) is 14.3 Å². The zero-order chi connectivity index (χ0) is 21.6. The molecule has 0 heterocycles. The van der Waals surface area contributed by atoms with E-state index in [0.717, 1.165) is 11.6 Å². The second kappa shape index (κ2) is 9.40. The molecule has 152 valence electrons. The molecule has 0 aliphatic carbocycles. The van der Waals surface area contributed by atoms with Gasteiger partial charge in [-0.05, 0) is 37.1 Å². The Morgan fingerprint density at radius 2 is 1.83 bits per heavy atom. The number of nitro benzene ring substituents is 1. The Hall–Kier alpha value is -3.82. The molecule has 2 amide bonds. The smallest absolute Gasteiger partial charge is 0.325 e. The molecule has 10 heteroatoms. The van der Waals surface area contributed by atoms with Crippen LogP contribution in [0.15, 0.2) is 36.4 Å². The lowest BCUT2D eigenvalue weighted by atomic mass is 10.1. The number of anilines is 1. The van der Waals surface area contributed by atoms with Crippen molar-refractivity contribution >= 4 is 29.2 Å². The second-order valence-electron chi connectivity index (χ2n) is 6.03. The van der Waals surface area contributed by atoms with E-state index in [1.165, 1.54) is 24.3 Å². The van der Waals surface area contributed by atoms with E-state index in [9.17, 15) is 28.9 Å². The van der Waals surface area contributed by atoms with Crippen molar-refractivity contribution in [2.24, 2.45) is 0 Å². The molecule has 2 aromatic rings. The molecule has 0 aliphatic rings. The van der Waals surface area contributed by atoms with Crippen LogP contribution in [0.4, 0.5) is 15.8 Å².